The van der Waals surface area contributed by atoms with Crippen molar-refractivity contribution in [2.24, 2.45) is 0 Å². The number of benzene rings is 6. The number of aryl methyl sites for hydroxylation is 2. The van der Waals surface area contributed by atoms with Crippen molar-refractivity contribution in [1.82, 2.24) is 0 Å². The highest BCUT2D eigenvalue weighted by atomic mass is 16.4. The highest BCUT2D eigenvalue weighted by molar-refractivity contribution is 6.12. The van der Waals surface area contributed by atoms with Gasteiger partial charge in [-0.3, -0.25) is 0 Å². The molecule has 4 nitrogen and oxygen atoms in total. The average molecular weight is 657 g/mol. The van der Waals surface area contributed by atoms with Gasteiger partial charge in [-0.25, -0.2) is 9.59 Å². The van der Waals surface area contributed by atoms with E-state index >= 15 is 0 Å². The third-order valence-electron chi connectivity index (χ3n) is 10.4. The number of hydrogen-bond donors (Lipinski definition) is 0. The Labute approximate surface area is 291 Å². The second kappa shape index (κ2) is 11.0. The van der Waals surface area contributed by atoms with Crippen LogP contribution in [0.2, 0.25) is 0 Å². The van der Waals surface area contributed by atoms with E-state index in [2.05, 4.69) is 77.9 Å². The van der Waals surface area contributed by atoms with Crippen molar-refractivity contribution in [3.8, 4) is 22.3 Å². The SMILES string of the molecule is Cc1ccc2c(-c3cc4c(ccc5cc(C(C)(C)C)ccc54)oc3=O)c(C)ccc2c1-c1cc2c(ccc3cc(C(C)(C)C)ccc32)oc1=O. The zero-order valence-corrected chi connectivity index (χ0v) is 29.9. The topological polar surface area (TPSA) is 60.4 Å². The van der Waals surface area contributed by atoms with E-state index < -0.39 is 11.3 Å². The summed E-state index contributed by atoms with van der Waals surface area (Å²) in [4.78, 5) is 27.5. The van der Waals surface area contributed by atoms with E-state index in [4.69, 9.17) is 8.83 Å². The molecule has 2 heterocycles. The molecule has 0 aliphatic rings. The fourth-order valence-electron chi connectivity index (χ4n) is 7.48. The molecule has 2 aromatic heterocycles. The molecular formula is C46H40O4. The third-order valence-corrected chi connectivity index (χ3v) is 10.4. The van der Waals surface area contributed by atoms with Crippen molar-refractivity contribution < 1.29 is 8.83 Å². The Balaban J connectivity index is 1.37. The molecule has 248 valence electrons. The molecule has 0 radical (unpaired) electrons. The summed E-state index contributed by atoms with van der Waals surface area (Å²) in [5.41, 5.74) is 7.31. The van der Waals surface area contributed by atoms with Crippen LogP contribution in [0, 0.1) is 13.8 Å². The second-order valence-electron chi connectivity index (χ2n) is 15.8. The molecule has 0 N–H and O–H groups in total. The lowest BCUT2D eigenvalue weighted by Crippen LogP contribution is -2.10. The highest BCUT2D eigenvalue weighted by Crippen LogP contribution is 2.40. The first kappa shape index (κ1) is 31.8. The van der Waals surface area contributed by atoms with E-state index in [1.807, 2.05) is 74.5 Å². The summed E-state index contributed by atoms with van der Waals surface area (Å²) in [6.07, 6.45) is 0. The van der Waals surface area contributed by atoms with Crippen LogP contribution in [0.1, 0.15) is 63.8 Å². The Morgan fingerprint density at radius 2 is 0.800 bits per heavy atom. The highest BCUT2D eigenvalue weighted by Gasteiger charge is 2.21. The maximum absolute atomic E-state index is 13.8. The molecule has 8 rings (SSSR count). The van der Waals surface area contributed by atoms with Crippen LogP contribution in [0.4, 0.5) is 0 Å². The maximum atomic E-state index is 13.8. The molecule has 0 amide bonds. The largest absolute Gasteiger partial charge is 0.422 e. The van der Waals surface area contributed by atoms with Gasteiger partial charge in [-0.05, 0) is 115 Å². The van der Waals surface area contributed by atoms with Crippen LogP contribution < -0.4 is 11.3 Å². The summed E-state index contributed by atoms with van der Waals surface area (Å²) >= 11 is 0. The van der Waals surface area contributed by atoms with Crippen LogP contribution in [0.3, 0.4) is 0 Å². The van der Waals surface area contributed by atoms with Crippen molar-refractivity contribution in [3.63, 3.8) is 0 Å². The lowest BCUT2D eigenvalue weighted by Gasteiger charge is -2.20. The third kappa shape index (κ3) is 5.05. The Kier molecular flexibility index (Phi) is 7.00. The lowest BCUT2D eigenvalue weighted by molar-refractivity contribution is 0.563. The van der Waals surface area contributed by atoms with Gasteiger partial charge in [0.1, 0.15) is 11.2 Å². The van der Waals surface area contributed by atoms with E-state index in [-0.39, 0.29) is 10.8 Å². The summed E-state index contributed by atoms with van der Waals surface area (Å²) in [5.74, 6) is 0. The van der Waals surface area contributed by atoms with Crippen molar-refractivity contribution >= 4 is 54.3 Å². The molecule has 6 aromatic carbocycles. The van der Waals surface area contributed by atoms with Crippen molar-refractivity contribution in [2.45, 2.75) is 66.2 Å². The van der Waals surface area contributed by atoms with Crippen LogP contribution in [0.15, 0.2) is 115 Å². The first-order valence-corrected chi connectivity index (χ1v) is 17.2. The molecule has 0 atom stereocenters. The van der Waals surface area contributed by atoms with Gasteiger partial charge in [0.25, 0.3) is 0 Å². The number of fused-ring (bicyclic) bond motifs is 7. The normalized spacial score (nSPS) is 12.6. The lowest BCUT2D eigenvalue weighted by atomic mass is 9.85. The fourth-order valence-corrected chi connectivity index (χ4v) is 7.48. The van der Waals surface area contributed by atoms with Crippen LogP contribution in [0.25, 0.3) is 76.5 Å². The van der Waals surface area contributed by atoms with Crippen LogP contribution >= 0.6 is 0 Å². The van der Waals surface area contributed by atoms with Gasteiger partial charge in [-0.2, -0.15) is 0 Å². The first-order valence-electron chi connectivity index (χ1n) is 17.2. The summed E-state index contributed by atoms with van der Waals surface area (Å²) in [7, 11) is 0. The minimum absolute atomic E-state index is 0.0125. The van der Waals surface area contributed by atoms with E-state index in [0.29, 0.717) is 22.3 Å². The fraction of sp³-hybridized carbons (Fsp3) is 0.217. The first-order chi connectivity index (χ1) is 23.7. The Morgan fingerprint density at radius 1 is 0.420 bits per heavy atom. The minimum Gasteiger partial charge on any atom is -0.422 e. The zero-order valence-electron chi connectivity index (χ0n) is 29.9. The maximum Gasteiger partial charge on any atom is 0.344 e. The molecule has 8 aromatic rings. The molecule has 0 spiro atoms. The van der Waals surface area contributed by atoms with Gasteiger partial charge in [-0.1, -0.05) is 114 Å². The Hall–Kier alpha value is -5.48. The van der Waals surface area contributed by atoms with Gasteiger partial charge >= 0.3 is 11.3 Å². The average Bonchev–Trinajstić information content (AvgIpc) is 3.06. The quantitative estimate of drug-likeness (QED) is 0.137. The molecule has 0 aliphatic carbocycles. The summed E-state index contributed by atoms with van der Waals surface area (Å²) < 4.78 is 12.0. The Bertz CT molecular complexity index is 2640. The molecular weight excluding hydrogens is 617 g/mol. The van der Waals surface area contributed by atoms with E-state index in [1.54, 1.807) is 0 Å². The van der Waals surface area contributed by atoms with Crippen molar-refractivity contribution in [1.29, 1.82) is 0 Å². The summed E-state index contributed by atoms with van der Waals surface area (Å²) in [6, 6.07) is 32.9. The summed E-state index contributed by atoms with van der Waals surface area (Å²) in [6.45, 7) is 17.3. The van der Waals surface area contributed by atoms with Gasteiger partial charge in [0.15, 0.2) is 0 Å². The molecule has 0 aliphatic heterocycles. The second-order valence-corrected chi connectivity index (χ2v) is 15.8. The monoisotopic (exact) mass is 656 g/mol. The zero-order chi connectivity index (χ0) is 35.3. The summed E-state index contributed by atoms with van der Waals surface area (Å²) in [5, 5.41) is 7.79. The van der Waals surface area contributed by atoms with E-state index in [0.717, 1.165) is 65.3 Å². The van der Waals surface area contributed by atoms with Crippen molar-refractivity contribution in [2.75, 3.05) is 0 Å². The smallest absolute Gasteiger partial charge is 0.344 e. The van der Waals surface area contributed by atoms with Crippen molar-refractivity contribution in [3.05, 3.63) is 140 Å². The Morgan fingerprint density at radius 3 is 1.18 bits per heavy atom. The predicted octanol–water partition coefficient (Wildman–Crippen LogP) is 11.9. The van der Waals surface area contributed by atoms with Gasteiger partial charge in [-0.15, -0.1) is 0 Å². The molecule has 50 heavy (non-hydrogen) atoms. The standard InChI is InChI=1S/C46H40O4/c1-25-9-15-34-33(41(25)37-23-35-31-17-13-29(45(3,4)5)21-27(31)11-19-39(35)49-43(37)47)16-10-26(2)42(34)38-24-36-32-18-14-30(46(6,7)8)22-28(32)12-20-40(36)50-44(38)48/h9-24H,1-8H3. The molecule has 0 saturated heterocycles. The van der Waals surface area contributed by atoms with E-state index in [9.17, 15) is 9.59 Å². The van der Waals surface area contributed by atoms with Gasteiger partial charge in [0, 0.05) is 10.8 Å². The minimum atomic E-state index is -0.396. The van der Waals surface area contributed by atoms with Crippen LogP contribution in [0.5, 0.6) is 0 Å². The molecule has 0 fully saturated rings. The van der Waals surface area contributed by atoms with Crippen LogP contribution in [-0.2, 0) is 10.8 Å². The van der Waals surface area contributed by atoms with Crippen LogP contribution in [-0.4, -0.2) is 0 Å². The number of rotatable bonds is 2. The molecule has 0 saturated carbocycles. The van der Waals surface area contributed by atoms with Gasteiger partial charge in [0.05, 0.1) is 11.1 Å². The molecule has 0 bridgehead atoms. The number of hydrogen-bond acceptors (Lipinski definition) is 4. The van der Waals surface area contributed by atoms with Gasteiger partial charge in [0.2, 0.25) is 0 Å². The van der Waals surface area contributed by atoms with Gasteiger partial charge < -0.3 is 8.83 Å². The molecule has 0 unspecified atom stereocenters. The molecule has 4 heteroatoms. The van der Waals surface area contributed by atoms with E-state index in [1.165, 1.54) is 11.1 Å². The predicted molar refractivity (Wildman–Crippen MR) is 209 cm³/mol.